The quantitative estimate of drug-likeness (QED) is 0.712. The first-order valence-corrected chi connectivity index (χ1v) is 3.50. The van der Waals surface area contributed by atoms with Crippen molar-refractivity contribution >= 4 is 24.2 Å². The molecule has 1 N–H and O–H groups in total. The van der Waals surface area contributed by atoms with E-state index in [4.69, 9.17) is 11.6 Å². The number of rotatable bonds is 2. The Morgan fingerprint density at radius 3 is 2.42 bits per heavy atom. The molecule has 0 spiro atoms. The van der Waals surface area contributed by atoms with Gasteiger partial charge in [0.25, 0.3) is 0 Å². The van der Waals surface area contributed by atoms with Crippen molar-refractivity contribution in [3.63, 3.8) is 0 Å². The maximum atomic E-state index is 10.4. The van der Waals surface area contributed by atoms with E-state index in [2.05, 4.69) is 0 Å². The van der Waals surface area contributed by atoms with E-state index in [1.165, 1.54) is 12.1 Å². The smallest absolute Gasteiger partial charge is 0.154 e. The summed E-state index contributed by atoms with van der Waals surface area (Å²) in [5.74, 6) is -0.351. The van der Waals surface area contributed by atoms with Gasteiger partial charge in [-0.1, -0.05) is 11.6 Å². The number of carbonyl (C=O) groups excluding carboxylic acids is 2. The van der Waals surface area contributed by atoms with Crippen LogP contribution in [-0.2, 0) is 0 Å². The molecule has 0 atom stereocenters. The summed E-state index contributed by atoms with van der Waals surface area (Å²) in [6, 6.07) is 2.73. The van der Waals surface area contributed by atoms with Crippen LogP contribution < -0.4 is 0 Å². The summed E-state index contributed by atoms with van der Waals surface area (Å²) in [4.78, 5) is 20.7. The number of phenols is 1. The van der Waals surface area contributed by atoms with Gasteiger partial charge < -0.3 is 5.11 Å². The topological polar surface area (TPSA) is 54.4 Å². The van der Waals surface area contributed by atoms with E-state index in [0.29, 0.717) is 12.6 Å². The fourth-order valence-corrected chi connectivity index (χ4v) is 0.988. The van der Waals surface area contributed by atoms with Crippen LogP contribution in [0.15, 0.2) is 12.1 Å². The molecule has 0 aliphatic heterocycles. The van der Waals surface area contributed by atoms with Crippen LogP contribution in [0.1, 0.15) is 20.7 Å². The number of hydrogen-bond acceptors (Lipinski definition) is 3. The van der Waals surface area contributed by atoms with Gasteiger partial charge in [-0.2, -0.15) is 0 Å². The van der Waals surface area contributed by atoms with Gasteiger partial charge in [0.2, 0.25) is 0 Å². The van der Waals surface area contributed by atoms with Crippen LogP contribution >= 0.6 is 11.6 Å². The lowest BCUT2D eigenvalue weighted by Gasteiger charge is -2.01. The first kappa shape index (κ1) is 8.74. The summed E-state index contributed by atoms with van der Waals surface area (Å²) in [7, 11) is 0. The van der Waals surface area contributed by atoms with Crippen molar-refractivity contribution in [2.75, 3.05) is 0 Å². The number of hydrogen-bond donors (Lipinski definition) is 1. The first-order chi connectivity index (χ1) is 5.70. The summed E-state index contributed by atoms with van der Waals surface area (Å²) in [6.07, 6.45) is 0.880. The summed E-state index contributed by atoms with van der Waals surface area (Å²) in [5, 5.41) is 9.25. The van der Waals surface area contributed by atoms with Crippen LogP contribution in [0.5, 0.6) is 5.75 Å². The third kappa shape index (κ3) is 1.31. The minimum Gasteiger partial charge on any atom is -0.506 e. The second-order valence-corrected chi connectivity index (χ2v) is 2.54. The van der Waals surface area contributed by atoms with Crippen LogP contribution in [0.2, 0.25) is 5.02 Å². The van der Waals surface area contributed by atoms with Crippen LogP contribution in [0.3, 0.4) is 0 Å². The van der Waals surface area contributed by atoms with Gasteiger partial charge in [0.05, 0.1) is 10.6 Å². The molecule has 0 amide bonds. The molecule has 0 unspecified atom stereocenters. The number of carbonyl (C=O) groups is 2. The molecule has 4 heteroatoms. The summed E-state index contributed by atoms with van der Waals surface area (Å²) in [6.45, 7) is 0. The fraction of sp³-hybridized carbons (Fsp3) is 0. The Morgan fingerprint density at radius 1 is 1.25 bits per heavy atom. The lowest BCUT2D eigenvalue weighted by molar-refractivity contribution is 0.109. The third-order valence-electron chi connectivity index (χ3n) is 1.45. The number of halogens is 1. The minimum absolute atomic E-state index is 0.0581. The second-order valence-electron chi connectivity index (χ2n) is 2.13. The van der Waals surface area contributed by atoms with Gasteiger partial charge >= 0.3 is 0 Å². The van der Waals surface area contributed by atoms with Crippen molar-refractivity contribution < 1.29 is 14.7 Å². The van der Waals surface area contributed by atoms with Gasteiger partial charge in [-0.3, -0.25) is 9.59 Å². The molecule has 1 rings (SSSR count). The highest BCUT2D eigenvalue weighted by Gasteiger charge is 2.09. The first-order valence-electron chi connectivity index (χ1n) is 3.12. The molecular weight excluding hydrogens is 180 g/mol. The lowest BCUT2D eigenvalue weighted by atomic mass is 10.1. The van der Waals surface area contributed by atoms with Gasteiger partial charge in [0.1, 0.15) is 5.75 Å². The number of aromatic hydroxyl groups is 1. The van der Waals surface area contributed by atoms with Gasteiger partial charge in [0, 0.05) is 5.56 Å². The number of phenolic OH excluding ortho intramolecular Hbond substituents is 1. The van der Waals surface area contributed by atoms with Crippen molar-refractivity contribution in [3.05, 3.63) is 28.3 Å². The molecule has 1 aromatic rings. The molecule has 0 aliphatic carbocycles. The molecular formula is C8H5ClO3. The summed E-state index contributed by atoms with van der Waals surface area (Å²) >= 11 is 5.50. The largest absolute Gasteiger partial charge is 0.506 e. The van der Waals surface area contributed by atoms with E-state index in [-0.39, 0.29) is 21.9 Å². The van der Waals surface area contributed by atoms with E-state index < -0.39 is 0 Å². The van der Waals surface area contributed by atoms with E-state index in [1.54, 1.807) is 0 Å². The van der Waals surface area contributed by atoms with Crippen molar-refractivity contribution in [2.24, 2.45) is 0 Å². The molecule has 0 saturated carbocycles. The number of benzene rings is 1. The SMILES string of the molecule is O=Cc1ccc(Cl)c(O)c1C=O. The molecule has 0 aromatic heterocycles. The molecule has 0 fully saturated rings. The van der Waals surface area contributed by atoms with Gasteiger partial charge in [-0.05, 0) is 12.1 Å². The minimum atomic E-state index is -0.351. The Morgan fingerprint density at radius 2 is 1.92 bits per heavy atom. The Hall–Kier alpha value is -1.35. The van der Waals surface area contributed by atoms with Gasteiger partial charge in [0.15, 0.2) is 12.6 Å². The van der Waals surface area contributed by atoms with Crippen LogP contribution in [0, 0.1) is 0 Å². The molecule has 62 valence electrons. The highest BCUT2D eigenvalue weighted by molar-refractivity contribution is 6.32. The molecule has 0 radical (unpaired) electrons. The van der Waals surface area contributed by atoms with E-state index >= 15 is 0 Å². The molecule has 12 heavy (non-hydrogen) atoms. The molecule has 3 nitrogen and oxygen atoms in total. The van der Waals surface area contributed by atoms with E-state index in [1.807, 2.05) is 0 Å². The zero-order valence-corrected chi connectivity index (χ0v) is 6.71. The summed E-state index contributed by atoms with van der Waals surface area (Å²) < 4.78 is 0. The predicted octanol–water partition coefficient (Wildman–Crippen LogP) is 1.67. The zero-order chi connectivity index (χ0) is 9.14. The fourth-order valence-electron chi connectivity index (χ4n) is 0.824. The van der Waals surface area contributed by atoms with Crippen molar-refractivity contribution in [1.82, 2.24) is 0 Å². The maximum Gasteiger partial charge on any atom is 0.154 e. The van der Waals surface area contributed by atoms with Crippen LogP contribution in [0.25, 0.3) is 0 Å². The molecule has 0 saturated heterocycles. The Balaban J connectivity index is 3.45. The Labute approximate surface area is 73.6 Å². The molecule has 1 aromatic carbocycles. The van der Waals surface area contributed by atoms with E-state index in [9.17, 15) is 14.7 Å². The average Bonchev–Trinajstić information content (AvgIpc) is 2.09. The standard InChI is InChI=1S/C8H5ClO3/c9-7-2-1-5(3-10)6(4-11)8(7)12/h1-4,12H. The zero-order valence-electron chi connectivity index (χ0n) is 5.95. The van der Waals surface area contributed by atoms with Crippen molar-refractivity contribution in [1.29, 1.82) is 0 Å². The van der Waals surface area contributed by atoms with Gasteiger partial charge in [-0.15, -0.1) is 0 Å². The Kier molecular flexibility index (Phi) is 2.45. The maximum absolute atomic E-state index is 10.4. The Bertz CT molecular complexity index is 333. The van der Waals surface area contributed by atoms with E-state index in [0.717, 1.165) is 0 Å². The van der Waals surface area contributed by atoms with Gasteiger partial charge in [-0.25, -0.2) is 0 Å². The monoisotopic (exact) mass is 184 g/mol. The third-order valence-corrected chi connectivity index (χ3v) is 1.75. The van der Waals surface area contributed by atoms with Crippen LogP contribution in [-0.4, -0.2) is 17.7 Å². The predicted molar refractivity (Wildman–Crippen MR) is 43.9 cm³/mol. The highest BCUT2D eigenvalue weighted by Crippen LogP contribution is 2.27. The molecule has 0 bridgehead atoms. The number of aldehydes is 2. The van der Waals surface area contributed by atoms with Crippen molar-refractivity contribution in [2.45, 2.75) is 0 Å². The highest BCUT2D eigenvalue weighted by atomic mass is 35.5. The van der Waals surface area contributed by atoms with Crippen molar-refractivity contribution in [3.8, 4) is 5.75 Å². The lowest BCUT2D eigenvalue weighted by Crippen LogP contribution is -1.91. The summed E-state index contributed by atoms with van der Waals surface area (Å²) in [5.41, 5.74) is 0.0596. The molecule has 0 aliphatic rings. The second kappa shape index (κ2) is 3.36. The normalized spacial score (nSPS) is 9.42. The average molecular weight is 185 g/mol. The molecule has 0 heterocycles. The van der Waals surface area contributed by atoms with Crippen LogP contribution in [0.4, 0.5) is 0 Å².